The first-order valence-corrected chi connectivity index (χ1v) is 10.5. The molecule has 0 bridgehead atoms. The summed E-state index contributed by atoms with van der Waals surface area (Å²) in [7, 11) is 0. The van der Waals surface area contributed by atoms with Crippen molar-refractivity contribution < 1.29 is 14.3 Å². The summed E-state index contributed by atoms with van der Waals surface area (Å²) in [6, 6.07) is 2.27. The number of pyridine rings is 1. The Bertz CT molecular complexity index is 746. The van der Waals surface area contributed by atoms with Crippen LogP contribution in [0.1, 0.15) is 57.6 Å². The topological polar surface area (TPSA) is 54.9 Å². The third-order valence-electron chi connectivity index (χ3n) is 6.27. The van der Waals surface area contributed by atoms with Crippen molar-refractivity contribution in [3.63, 3.8) is 0 Å². The van der Waals surface area contributed by atoms with Gasteiger partial charge in [0, 0.05) is 37.4 Å². The van der Waals surface area contributed by atoms with Gasteiger partial charge in [-0.2, -0.15) is 0 Å². The van der Waals surface area contributed by atoms with Gasteiger partial charge in [0.25, 0.3) is 0 Å². The Hall–Kier alpha value is -1.82. The Labute approximate surface area is 168 Å². The molecule has 0 radical (unpaired) electrons. The zero-order valence-electron chi connectivity index (χ0n) is 17.8. The lowest BCUT2D eigenvalue weighted by Crippen LogP contribution is -2.66. The highest BCUT2D eigenvalue weighted by Crippen LogP contribution is 2.44. The number of nitrogens with zero attached hydrogens (tertiary/aromatic N) is 3. The van der Waals surface area contributed by atoms with E-state index in [2.05, 4.69) is 24.8 Å². The lowest BCUT2D eigenvalue weighted by Gasteiger charge is -2.56. The number of likely N-dealkylation sites (tertiary alicyclic amines) is 1. The number of hydrogen-bond acceptors (Lipinski definition) is 5. The monoisotopic (exact) mass is 387 g/mol. The summed E-state index contributed by atoms with van der Waals surface area (Å²) in [6.07, 6.45) is 3.62. The van der Waals surface area contributed by atoms with Crippen molar-refractivity contribution in [3.05, 3.63) is 23.4 Å². The molecule has 0 saturated carbocycles. The first-order valence-electron chi connectivity index (χ1n) is 10.5. The highest BCUT2D eigenvalue weighted by atomic mass is 16.6. The predicted molar refractivity (Wildman–Crippen MR) is 109 cm³/mol. The summed E-state index contributed by atoms with van der Waals surface area (Å²) in [5, 5.41) is 0. The summed E-state index contributed by atoms with van der Waals surface area (Å²) in [4.78, 5) is 21.6. The molecule has 1 unspecified atom stereocenters. The molecule has 154 valence electrons. The van der Waals surface area contributed by atoms with Crippen LogP contribution in [-0.4, -0.2) is 60.5 Å². The normalized spacial score (nSPS) is 26.6. The number of aryl methyl sites for hydroxylation is 1. The maximum Gasteiger partial charge on any atom is 0.410 e. The molecule has 2 atom stereocenters. The number of ether oxygens (including phenoxy) is 2. The lowest BCUT2D eigenvalue weighted by molar-refractivity contribution is -0.127. The zero-order chi connectivity index (χ0) is 20.1. The number of rotatable bonds is 2. The van der Waals surface area contributed by atoms with Crippen molar-refractivity contribution in [2.24, 2.45) is 5.41 Å². The molecule has 3 fully saturated rings. The van der Waals surface area contributed by atoms with E-state index in [1.54, 1.807) is 0 Å². The van der Waals surface area contributed by atoms with Crippen LogP contribution in [0.3, 0.4) is 0 Å². The molecule has 3 aliphatic rings. The SMILES string of the molecule is Cc1ccnc(N2CC3(COC3)C2)c1C1CCN(C(=O)OC(C)(C)C)[C@H](C)C1. The van der Waals surface area contributed by atoms with Crippen molar-refractivity contribution in [1.82, 2.24) is 9.88 Å². The molecular formula is C22H33N3O3. The van der Waals surface area contributed by atoms with Crippen LogP contribution in [0.2, 0.25) is 0 Å². The fraction of sp³-hybridized carbons (Fsp3) is 0.727. The number of amides is 1. The van der Waals surface area contributed by atoms with E-state index in [-0.39, 0.29) is 12.1 Å². The second-order valence-corrected chi connectivity index (χ2v) is 9.96. The number of hydrogen-bond donors (Lipinski definition) is 0. The zero-order valence-corrected chi connectivity index (χ0v) is 17.8. The molecule has 4 rings (SSSR count). The van der Waals surface area contributed by atoms with Crippen LogP contribution in [-0.2, 0) is 9.47 Å². The molecule has 1 aromatic rings. The minimum Gasteiger partial charge on any atom is -0.444 e. The second-order valence-electron chi connectivity index (χ2n) is 9.96. The number of aromatic nitrogens is 1. The van der Waals surface area contributed by atoms with Crippen LogP contribution < -0.4 is 4.90 Å². The van der Waals surface area contributed by atoms with E-state index in [1.807, 2.05) is 31.9 Å². The van der Waals surface area contributed by atoms with E-state index < -0.39 is 5.60 Å². The number of carbonyl (C=O) groups excluding carboxylic acids is 1. The van der Waals surface area contributed by atoms with Gasteiger partial charge in [-0.1, -0.05) is 0 Å². The van der Waals surface area contributed by atoms with Gasteiger partial charge in [-0.15, -0.1) is 0 Å². The van der Waals surface area contributed by atoms with Crippen LogP contribution in [0.5, 0.6) is 0 Å². The highest BCUT2D eigenvalue weighted by Gasteiger charge is 2.50. The molecule has 3 saturated heterocycles. The Morgan fingerprint density at radius 2 is 2.04 bits per heavy atom. The standard InChI is InChI=1S/C22H33N3O3/c1-15-6-8-23-19(24-11-22(12-24)13-27-14-22)18(15)17-7-9-25(16(2)10-17)20(26)28-21(3,4)5/h6,8,16-17H,7,9-14H2,1-5H3/t16-,17?/m1/s1. The maximum absolute atomic E-state index is 12.5. The molecule has 3 aliphatic heterocycles. The van der Waals surface area contributed by atoms with Crippen molar-refractivity contribution >= 4 is 11.9 Å². The summed E-state index contributed by atoms with van der Waals surface area (Å²) in [6.45, 7) is 14.7. The van der Waals surface area contributed by atoms with Crippen molar-refractivity contribution in [3.8, 4) is 0 Å². The first kappa shape index (κ1) is 19.5. The Kier molecular flexibility index (Phi) is 4.81. The van der Waals surface area contributed by atoms with Gasteiger partial charge in [0.15, 0.2) is 0 Å². The molecule has 1 aromatic heterocycles. The largest absolute Gasteiger partial charge is 0.444 e. The Morgan fingerprint density at radius 3 is 2.61 bits per heavy atom. The highest BCUT2D eigenvalue weighted by molar-refractivity contribution is 5.69. The van der Waals surface area contributed by atoms with Gasteiger partial charge in [-0.3, -0.25) is 0 Å². The van der Waals surface area contributed by atoms with Gasteiger partial charge in [-0.05, 0) is 65.0 Å². The van der Waals surface area contributed by atoms with Crippen LogP contribution >= 0.6 is 0 Å². The van der Waals surface area contributed by atoms with Gasteiger partial charge < -0.3 is 19.3 Å². The molecule has 6 nitrogen and oxygen atoms in total. The predicted octanol–water partition coefficient (Wildman–Crippen LogP) is 3.73. The minimum absolute atomic E-state index is 0.156. The fourth-order valence-electron chi connectivity index (χ4n) is 4.82. The van der Waals surface area contributed by atoms with Crippen LogP contribution in [0.15, 0.2) is 12.3 Å². The van der Waals surface area contributed by atoms with Crippen LogP contribution in [0, 0.1) is 12.3 Å². The van der Waals surface area contributed by atoms with E-state index in [4.69, 9.17) is 14.5 Å². The first-order chi connectivity index (χ1) is 13.2. The Morgan fingerprint density at radius 1 is 1.32 bits per heavy atom. The Balaban J connectivity index is 1.48. The van der Waals surface area contributed by atoms with Crippen molar-refractivity contribution in [2.75, 3.05) is 37.7 Å². The number of piperidine rings is 1. The molecule has 1 amide bonds. The smallest absolute Gasteiger partial charge is 0.410 e. The molecule has 1 spiro atoms. The molecule has 4 heterocycles. The fourth-order valence-corrected chi connectivity index (χ4v) is 4.82. The molecule has 0 N–H and O–H groups in total. The second kappa shape index (κ2) is 6.90. The van der Waals surface area contributed by atoms with Gasteiger partial charge in [-0.25, -0.2) is 9.78 Å². The average molecular weight is 388 g/mol. The van der Waals surface area contributed by atoms with Gasteiger partial charge in [0.1, 0.15) is 11.4 Å². The summed E-state index contributed by atoms with van der Waals surface area (Å²) >= 11 is 0. The lowest BCUT2D eigenvalue weighted by atomic mass is 9.77. The molecule has 0 aliphatic carbocycles. The van der Waals surface area contributed by atoms with E-state index >= 15 is 0 Å². The molecular weight excluding hydrogens is 354 g/mol. The van der Waals surface area contributed by atoms with Gasteiger partial charge in [0.05, 0.1) is 18.6 Å². The quantitative estimate of drug-likeness (QED) is 0.774. The molecule has 0 aromatic carbocycles. The summed E-state index contributed by atoms with van der Waals surface area (Å²) in [5.41, 5.74) is 2.59. The van der Waals surface area contributed by atoms with E-state index in [9.17, 15) is 4.79 Å². The van der Waals surface area contributed by atoms with Crippen LogP contribution in [0.4, 0.5) is 10.6 Å². The number of anilines is 1. The number of carbonyl (C=O) groups is 1. The minimum atomic E-state index is -0.459. The molecule has 28 heavy (non-hydrogen) atoms. The van der Waals surface area contributed by atoms with Crippen LogP contribution in [0.25, 0.3) is 0 Å². The van der Waals surface area contributed by atoms with Gasteiger partial charge >= 0.3 is 6.09 Å². The maximum atomic E-state index is 12.5. The average Bonchev–Trinajstić information content (AvgIpc) is 2.50. The third kappa shape index (κ3) is 3.59. The summed E-state index contributed by atoms with van der Waals surface area (Å²) < 4.78 is 11.0. The van der Waals surface area contributed by atoms with E-state index in [1.165, 1.54) is 11.1 Å². The van der Waals surface area contributed by atoms with E-state index in [0.717, 1.165) is 51.5 Å². The van der Waals surface area contributed by atoms with Crippen molar-refractivity contribution in [1.29, 1.82) is 0 Å². The van der Waals surface area contributed by atoms with E-state index in [0.29, 0.717) is 11.3 Å². The molecule has 6 heteroatoms. The summed E-state index contributed by atoms with van der Waals surface area (Å²) in [5.74, 6) is 1.56. The van der Waals surface area contributed by atoms with Crippen molar-refractivity contribution in [2.45, 2.75) is 65.0 Å². The third-order valence-corrected chi connectivity index (χ3v) is 6.27. The van der Waals surface area contributed by atoms with Gasteiger partial charge in [0.2, 0.25) is 0 Å².